The Kier molecular flexibility index (Phi) is 9.93. The van der Waals surface area contributed by atoms with E-state index in [0.717, 1.165) is 41.6 Å². The van der Waals surface area contributed by atoms with Crippen LogP contribution in [0.3, 0.4) is 0 Å². The van der Waals surface area contributed by atoms with E-state index in [9.17, 15) is 14.7 Å². The maximum Gasteiger partial charge on any atom is 0.323 e. The second-order valence-corrected chi connectivity index (χ2v) is 12.3. The third-order valence-corrected chi connectivity index (χ3v) is 7.84. The second-order valence-electron chi connectivity index (χ2n) is 12.3. The van der Waals surface area contributed by atoms with Crippen molar-refractivity contribution in [1.29, 1.82) is 0 Å². The largest absolute Gasteiger partial charge is 0.459 e. The molecule has 43 heavy (non-hydrogen) atoms. The van der Waals surface area contributed by atoms with Crippen molar-refractivity contribution in [1.82, 2.24) is 10.2 Å². The summed E-state index contributed by atoms with van der Waals surface area (Å²) in [7, 11) is 0. The minimum absolute atomic E-state index is 0.0146. The number of benzene rings is 3. The van der Waals surface area contributed by atoms with Gasteiger partial charge in [0.25, 0.3) is 5.91 Å². The molecule has 0 aromatic heterocycles. The van der Waals surface area contributed by atoms with Crippen LogP contribution in [0, 0.1) is 0 Å². The second kappa shape index (κ2) is 13.8. The van der Waals surface area contributed by atoms with Crippen LogP contribution in [-0.4, -0.2) is 52.7 Å². The van der Waals surface area contributed by atoms with Gasteiger partial charge < -0.3 is 24.6 Å². The Morgan fingerprint density at radius 2 is 1.60 bits per heavy atom. The lowest BCUT2D eigenvalue weighted by Gasteiger charge is -2.38. The van der Waals surface area contributed by atoms with Crippen molar-refractivity contribution >= 4 is 11.9 Å². The quantitative estimate of drug-likeness (QED) is 0.322. The summed E-state index contributed by atoms with van der Waals surface area (Å²) in [6.07, 6.45) is 1.35. The van der Waals surface area contributed by atoms with E-state index in [1.54, 1.807) is 12.1 Å². The van der Waals surface area contributed by atoms with Gasteiger partial charge in [-0.05, 0) is 69.0 Å². The lowest BCUT2D eigenvalue weighted by molar-refractivity contribution is -0.253. The zero-order chi connectivity index (χ0) is 30.4. The van der Waals surface area contributed by atoms with Crippen molar-refractivity contribution in [2.24, 2.45) is 0 Å². The fourth-order valence-electron chi connectivity index (χ4n) is 5.64. The molecule has 1 amide bonds. The minimum Gasteiger partial charge on any atom is -0.459 e. The molecule has 2 aliphatic heterocycles. The number of likely N-dealkylation sites (tertiary alicyclic amines) is 1. The van der Waals surface area contributed by atoms with Gasteiger partial charge in [-0.15, -0.1) is 0 Å². The molecule has 4 atom stereocenters. The van der Waals surface area contributed by atoms with Crippen LogP contribution >= 0.6 is 0 Å². The number of aliphatic hydroxyl groups excluding tert-OH is 1. The Morgan fingerprint density at radius 1 is 0.930 bits per heavy atom. The van der Waals surface area contributed by atoms with Crippen LogP contribution in [-0.2, 0) is 32.2 Å². The lowest BCUT2D eigenvalue weighted by atomic mass is 9.99. The molecule has 8 heteroatoms. The van der Waals surface area contributed by atoms with E-state index >= 15 is 0 Å². The van der Waals surface area contributed by atoms with Gasteiger partial charge in [0.15, 0.2) is 6.29 Å². The van der Waals surface area contributed by atoms with Crippen molar-refractivity contribution in [2.45, 2.75) is 83.3 Å². The lowest BCUT2D eigenvalue weighted by Crippen LogP contribution is -2.45. The molecule has 0 unspecified atom stereocenters. The smallest absolute Gasteiger partial charge is 0.323 e. The summed E-state index contributed by atoms with van der Waals surface area (Å²) >= 11 is 0. The Morgan fingerprint density at radius 3 is 2.28 bits per heavy atom. The van der Waals surface area contributed by atoms with Crippen LogP contribution in [0.15, 0.2) is 78.9 Å². The maximum atomic E-state index is 13.0. The average Bonchev–Trinajstić information content (AvgIpc) is 3.48. The average molecular weight is 587 g/mol. The van der Waals surface area contributed by atoms with Crippen LogP contribution in [0.2, 0.25) is 0 Å². The van der Waals surface area contributed by atoms with Crippen LogP contribution < -0.4 is 5.32 Å². The molecule has 5 rings (SSSR count). The van der Waals surface area contributed by atoms with E-state index in [0.29, 0.717) is 25.1 Å². The third kappa shape index (κ3) is 8.30. The molecule has 228 valence electrons. The molecule has 2 saturated heterocycles. The molecule has 0 radical (unpaired) electrons. The summed E-state index contributed by atoms with van der Waals surface area (Å²) in [5.74, 6) is -0.298. The van der Waals surface area contributed by atoms with E-state index in [2.05, 4.69) is 10.2 Å². The summed E-state index contributed by atoms with van der Waals surface area (Å²) in [4.78, 5) is 27.6. The van der Waals surface area contributed by atoms with Gasteiger partial charge in [-0.3, -0.25) is 14.5 Å². The molecular weight excluding hydrogens is 544 g/mol. The number of ether oxygens (including phenoxy) is 3. The molecule has 2 N–H and O–H groups in total. The predicted molar refractivity (Wildman–Crippen MR) is 163 cm³/mol. The molecule has 8 nitrogen and oxygen atoms in total. The number of esters is 1. The SMILES string of the molecule is CC(C)(C)OC(=O)[C@@H]1CCCN1C[C@H]1C[C@@H](c2ccc(CO)cc2)O[C@@H](c2ccc(CNC(=O)c3ccccc3)cc2)O1. The Labute approximate surface area is 254 Å². The third-order valence-electron chi connectivity index (χ3n) is 7.84. The number of hydrogen-bond donors (Lipinski definition) is 2. The highest BCUT2D eigenvalue weighted by Crippen LogP contribution is 2.39. The number of aliphatic hydroxyl groups is 1. The Hall–Kier alpha value is -3.56. The maximum absolute atomic E-state index is 13.0. The number of rotatable bonds is 9. The highest BCUT2D eigenvalue weighted by atomic mass is 16.7. The number of carbonyl (C=O) groups is 2. The summed E-state index contributed by atoms with van der Waals surface area (Å²) in [5, 5.41) is 12.5. The summed E-state index contributed by atoms with van der Waals surface area (Å²) in [6, 6.07) is 24.6. The molecule has 0 spiro atoms. The molecule has 2 aliphatic rings. The van der Waals surface area contributed by atoms with Crippen LogP contribution in [0.5, 0.6) is 0 Å². The first kappa shape index (κ1) is 30.9. The zero-order valence-electron chi connectivity index (χ0n) is 25.2. The molecule has 2 heterocycles. The van der Waals surface area contributed by atoms with E-state index in [1.807, 2.05) is 87.5 Å². The van der Waals surface area contributed by atoms with Gasteiger partial charge in [0.05, 0.1) is 18.8 Å². The van der Waals surface area contributed by atoms with Crippen molar-refractivity contribution in [2.75, 3.05) is 13.1 Å². The fraction of sp³-hybridized carbons (Fsp3) is 0.429. The van der Waals surface area contributed by atoms with Crippen molar-refractivity contribution in [3.05, 3.63) is 107 Å². The molecule has 0 saturated carbocycles. The fourth-order valence-corrected chi connectivity index (χ4v) is 5.64. The van der Waals surface area contributed by atoms with E-state index < -0.39 is 11.9 Å². The summed E-state index contributed by atoms with van der Waals surface area (Å²) < 4.78 is 18.8. The van der Waals surface area contributed by atoms with Crippen molar-refractivity contribution in [3.63, 3.8) is 0 Å². The van der Waals surface area contributed by atoms with Crippen LogP contribution in [0.4, 0.5) is 0 Å². The highest BCUT2D eigenvalue weighted by molar-refractivity contribution is 5.94. The van der Waals surface area contributed by atoms with E-state index in [-0.39, 0.29) is 36.7 Å². The van der Waals surface area contributed by atoms with Gasteiger partial charge in [0.1, 0.15) is 11.6 Å². The van der Waals surface area contributed by atoms with Gasteiger partial charge in [-0.2, -0.15) is 0 Å². The topological polar surface area (TPSA) is 97.3 Å². The van der Waals surface area contributed by atoms with Gasteiger partial charge >= 0.3 is 5.97 Å². The van der Waals surface area contributed by atoms with Crippen molar-refractivity contribution in [3.8, 4) is 0 Å². The van der Waals surface area contributed by atoms with E-state index in [1.165, 1.54) is 0 Å². The van der Waals surface area contributed by atoms with Gasteiger partial charge in [-0.1, -0.05) is 66.7 Å². The summed E-state index contributed by atoms with van der Waals surface area (Å²) in [5.41, 5.74) is 3.79. The first-order chi connectivity index (χ1) is 20.7. The number of carbonyl (C=O) groups excluding carboxylic acids is 2. The number of amides is 1. The molecular formula is C35H42N2O6. The molecule has 0 aliphatic carbocycles. The monoisotopic (exact) mass is 586 g/mol. The Balaban J connectivity index is 1.29. The molecule has 3 aromatic rings. The Bertz CT molecular complexity index is 1350. The van der Waals surface area contributed by atoms with Gasteiger partial charge in [0, 0.05) is 30.6 Å². The molecule has 0 bridgehead atoms. The normalized spacial score (nSPS) is 22.7. The first-order valence-electron chi connectivity index (χ1n) is 15.1. The zero-order valence-corrected chi connectivity index (χ0v) is 25.2. The summed E-state index contributed by atoms with van der Waals surface area (Å²) in [6.45, 7) is 7.49. The van der Waals surface area contributed by atoms with Crippen LogP contribution in [0.1, 0.15) is 85.0 Å². The molecule has 2 fully saturated rings. The molecule has 3 aromatic carbocycles. The number of nitrogens with one attached hydrogen (secondary N) is 1. The number of hydrogen-bond acceptors (Lipinski definition) is 7. The van der Waals surface area contributed by atoms with E-state index in [4.69, 9.17) is 14.2 Å². The van der Waals surface area contributed by atoms with Crippen LogP contribution in [0.25, 0.3) is 0 Å². The predicted octanol–water partition coefficient (Wildman–Crippen LogP) is 5.46. The first-order valence-corrected chi connectivity index (χ1v) is 15.1. The van der Waals surface area contributed by atoms with Gasteiger partial charge in [-0.25, -0.2) is 0 Å². The van der Waals surface area contributed by atoms with Crippen molar-refractivity contribution < 1.29 is 28.9 Å². The standard InChI is InChI=1S/C35H42N2O6/c1-35(2,3)43-33(40)30-10-7-19-37(30)22-29-20-31(26-15-13-25(23-38)14-16-26)42-34(41-29)28-17-11-24(12-18-28)21-36-32(39)27-8-5-4-6-9-27/h4-6,8-9,11-18,29-31,34,38H,7,10,19-23H2,1-3H3,(H,36,39)/t29-,30+,31+,34+/m1/s1. The number of nitrogens with zero attached hydrogens (tertiary/aromatic N) is 1. The van der Waals surface area contributed by atoms with Gasteiger partial charge in [0.2, 0.25) is 0 Å². The highest BCUT2D eigenvalue weighted by Gasteiger charge is 2.38. The minimum atomic E-state index is -0.600.